The first-order valence-corrected chi connectivity index (χ1v) is 7.96. The first-order valence-electron chi connectivity index (χ1n) is 7.96. The number of aryl methyl sites for hydroxylation is 1. The normalized spacial score (nSPS) is 12.9. The number of carbonyl (C=O) groups excluding carboxylic acids is 1. The average molecular weight is 351 g/mol. The number of halogens is 1. The van der Waals surface area contributed by atoms with Crippen molar-refractivity contribution in [2.24, 2.45) is 0 Å². The van der Waals surface area contributed by atoms with Gasteiger partial charge in [0.2, 0.25) is 0 Å². The van der Waals surface area contributed by atoms with Crippen molar-refractivity contribution in [3.63, 3.8) is 0 Å². The predicted molar refractivity (Wildman–Crippen MR) is 94.9 cm³/mol. The number of aromatic amines is 1. The van der Waals surface area contributed by atoms with Crippen molar-refractivity contribution < 1.29 is 9.53 Å². The number of nitrogens with zero attached hydrogens (tertiary/aromatic N) is 1. The Kier molecular flexibility index (Phi) is 6.63. The minimum atomic E-state index is -0.0964. The van der Waals surface area contributed by atoms with Gasteiger partial charge in [-0.25, -0.2) is 0 Å². The minimum Gasteiger partial charge on any atom is -0.497 e. The fourth-order valence-corrected chi connectivity index (χ4v) is 2.78. The zero-order chi connectivity index (χ0) is 16.1. The van der Waals surface area contributed by atoms with Gasteiger partial charge < -0.3 is 15.4 Å². The van der Waals surface area contributed by atoms with E-state index in [1.807, 2.05) is 12.1 Å². The molecule has 7 heteroatoms. The third-order valence-corrected chi connectivity index (χ3v) is 4.11. The van der Waals surface area contributed by atoms with Crippen molar-refractivity contribution in [3.05, 3.63) is 46.8 Å². The number of benzene rings is 1. The van der Waals surface area contributed by atoms with Gasteiger partial charge in [-0.1, -0.05) is 12.1 Å². The first-order chi connectivity index (χ1) is 11.3. The standard InChI is InChI=1S/C17H22N4O2.ClH/c1-23-13-6-4-12(5-7-13)3-2-9-19-17(22)16-14-11-18-10-8-15(14)20-21-16;/h4-7,18H,2-3,8-11H2,1H3,(H,19,22)(H,20,21);1H. The van der Waals surface area contributed by atoms with Crippen molar-refractivity contribution in [1.82, 2.24) is 20.8 Å². The summed E-state index contributed by atoms with van der Waals surface area (Å²) < 4.78 is 5.14. The van der Waals surface area contributed by atoms with Crippen LogP contribution in [-0.2, 0) is 19.4 Å². The first kappa shape index (κ1) is 18.3. The molecule has 0 fully saturated rings. The Bertz CT molecular complexity index is 670. The van der Waals surface area contributed by atoms with E-state index in [1.54, 1.807) is 7.11 Å². The molecule has 1 amide bonds. The van der Waals surface area contributed by atoms with Gasteiger partial charge in [0.05, 0.1) is 7.11 Å². The van der Waals surface area contributed by atoms with E-state index >= 15 is 0 Å². The quantitative estimate of drug-likeness (QED) is 0.695. The van der Waals surface area contributed by atoms with Crippen LogP contribution in [0.4, 0.5) is 0 Å². The summed E-state index contributed by atoms with van der Waals surface area (Å²) in [5.41, 5.74) is 3.84. The molecule has 0 bridgehead atoms. The highest BCUT2D eigenvalue weighted by Crippen LogP contribution is 2.15. The largest absolute Gasteiger partial charge is 0.497 e. The second kappa shape index (κ2) is 8.70. The van der Waals surface area contributed by atoms with Crippen molar-refractivity contribution in [3.8, 4) is 5.75 Å². The number of amides is 1. The Labute approximate surface area is 147 Å². The van der Waals surface area contributed by atoms with Crippen LogP contribution in [-0.4, -0.2) is 36.3 Å². The second-order valence-corrected chi connectivity index (χ2v) is 5.66. The van der Waals surface area contributed by atoms with Gasteiger partial charge >= 0.3 is 0 Å². The number of carbonyl (C=O) groups is 1. The third-order valence-electron chi connectivity index (χ3n) is 4.11. The third kappa shape index (κ3) is 4.27. The Morgan fingerprint density at radius 2 is 2.12 bits per heavy atom. The van der Waals surface area contributed by atoms with E-state index in [2.05, 4.69) is 33.0 Å². The van der Waals surface area contributed by atoms with Gasteiger partial charge in [0.25, 0.3) is 5.91 Å². The fourth-order valence-electron chi connectivity index (χ4n) is 2.78. The number of fused-ring (bicyclic) bond motifs is 1. The number of hydrogen-bond donors (Lipinski definition) is 3. The lowest BCUT2D eigenvalue weighted by molar-refractivity contribution is 0.0947. The number of aromatic nitrogens is 2. The number of H-pyrrole nitrogens is 1. The Morgan fingerprint density at radius 1 is 1.33 bits per heavy atom. The fraction of sp³-hybridized carbons (Fsp3) is 0.412. The zero-order valence-corrected chi connectivity index (χ0v) is 14.5. The van der Waals surface area contributed by atoms with Crippen molar-refractivity contribution >= 4 is 18.3 Å². The summed E-state index contributed by atoms with van der Waals surface area (Å²) >= 11 is 0. The lowest BCUT2D eigenvalue weighted by Crippen LogP contribution is -2.29. The smallest absolute Gasteiger partial charge is 0.272 e. The van der Waals surface area contributed by atoms with Crippen LogP contribution in [0.15, 0.2) is 24.3 Å². The molecule has 3 N–H and O–H groups in total. The maximum atomic E-state index is 12.2. The summed E-state index contributed by atoms with van der Waals surface area (Å²) in [6, 6.07) is 8.01. The van der Waals surface area contributed by atoms with Gasteiger partial charge in [-0.05, 0) is 30.5 Å². The van der Waals surface area contributed by atoms with E-state index in [4.69, 9.17) is 4.74 Å². The maximum Gasteiger partial charge on any atom is 0.272 e. The predicted octanol–water partition coefficient (Wildman–Crippen LogP) is 1.85. The molecule has 0 atom stereocenters. The molecule has 0 aliphatic carbocycles. The maximum absolute atomic E-state index is 12.2. The SMILES string of the molecule is COc1ccc(CCCNC(=O)c2n[nH]c3c2CNCC3)cc1.Cl. The summed E-state index contributed by atoms with van der Waals surface area (Å²) in [4.78, 5) is 12.2. The van der Waals surface area contributed by atoms with E-state index in [-0.39, 0.29) is 18.3 Å². The summed E-state index contributed by atoms with van der Waals surface area (Å²) in [5.74, 6) is 0.764. The number of methoxy groups -OCH3 is 1. The van der Waals surface area contributed by atoms with Crippen molar-refractivity contribution in [1.29, 1.82) is 0 Å². The zero-order valence-electron chi connectivity index (χ0n) is 13.7. The molecule has 0 saturated heterocycles. The topological polar surface area (TPSA) is 79.0 Å². The lowest BCUT2D eigenvalue weighted by atomic mass is 10.1. The summed E-state index contributed by atoms with van der Waals surface area (Å²) in [5, 5.41) is 13.4. The Morgan fingerprint density at radius 3 is 2.88 bits per heavy atom. The number of rotatable bonds is 6. The average Bonchev–Trinajstić information content (AvgIpc) is 3.03. The van der Waals surface area contributed by atoms with Gasteiger partial charge in [0.1, 0.15) is 5.75 Å². The molecule has 0 radical (unpaired) electrons. The molecule has 3 rings (SSSR count). The molecule has 24 heavy (non-hydrogen) atoms. The molecule has 1 aromatic carbocycles. The number of hydrogen-bond acceptors (Lipinski definition) is 4. The highest BCUT2D eigenvalue weighted by atomic mass is 35.5. The molecule has 1 aromatic heterocycles. The highest BCUT2D eigenvalue weighted by Gasteiger charge is 2.20. The van der Waals surface area contributed by atoms with E-state index in [9.17, 15) is 4.79 Å². The highest BCUT2D eigenvalue weighted by molar-refractivity contribution is 5.94. The van der Waals surface area contributed by atoms with Crippen LogP contribution >= 0.6 is 12.4 Å². The van der Waals surface area contributed by atoms with Crippen LogP contribution in [0, 0.1) is 0 Å². The van der Waals surface area contributed by atoms with Crippen LogP contribution in [0.1, 0.15) is 33.7 Å². The summed E-state index contributed by atoms with van der Waals surface area (Å²) in [7, 11) is 1.66. The number of ether oxygens (including phenoxy) is 1. The van der Waals surface area contributed by atoms with Crippen molar-refractivity contribution in [2.75, 3.05) is 20.2 Å². The Balaban J connectivity index is 0.00000208. The van der Waals surface area contributed by atoms with Crippen LogP contribution in [0.25, 0.3) is 0 Å². The molecule has 0 spiro atoms. The van der Waals surface area contributed by atoms with Crippen LogP contribution < -0.4 is 15.4 Å². The van der Waals surface area contributed by atoms with E-state index < -0.39 is 0 Å². The lowest BCUT2D eigenvalue weighted by Gasteiger charge is -2.12. The van der Waals surface area contributed by atoms with Gasteiger partial charge in [-0.2, -0.15) is 5.10 Å². The van der Waals surface area contributed by atoms with Gasteiger partial charge in [0, 0.05) is 37.3 Å². The molecule has 2 heterocycles. The van der Waals surface area contributed by atoms with Crippen molar-refractivity contribution in [2.45, 2.75) is 25.8 Å². The molecule has 1 aliphatic heterocycles. The molecule has 130 valence electrons. The molecule has 6 nitrogen and oxygen atoms in total. The number of nitrogens with one attached hydrogen (secondary N) is 3. The molecular weight excluding hydrogens is 328 g/mol. The van der Waals surface area contributed by atoms with E-state index in [1.165, 1.54) is 5.56 Å². The van der Waals surface area contributed by atoms with Crippen LogP contribution in [0.2, 0.25) is 0 Å². The minimum absolute atomic E-state index is 0. The molecule has 0 unspecified atom stereocenters. The molecule has 2 aromatic rings. The van der Waals surface area contributed by atoms with E-state index in [0.717, 1.165) is 42.8 Å². The van der Waals surface area contributed by atoms with Gasteiger partial charge in [-0.3, -0.25) is 9.89 Å². The molecule has 1 aliphatic rings. The van der Waals surface area contributed by atoms with Crippen LogP contribution in [0.5, 0.6) is 5.75 Å². The summed E-state index contributed by atoms with van der Waals surface area (Å²) in [6.45, 7) is 2.28. The van der Waals surface area contributed by atoms with Gasteiger partial charge in [0.15, 0.2) is 5.69 Å². The second-order valence-electron chi connectivity index (χ2n) is 5.66. The molecule has 0 saturated carbocycles. The summed E-state index contributed by atoms with van der Waals surface area (Å²) in [6.07, 6.45) is 2.71. The Hall–Kier alpha value is -2.05. The van der Waals surface area contributed by atoms with E-state index in [0.29, 0.717) is 18.8 Å². The van der Waals surface area contributed by atoms with Gasteiger partial charge in [-0.15, -0.1) is 12.4 Å². The van der Waals surface area contributed by atoms with Crippen LogP contribution in [0.3, 0.4) is 0 Å². The molecular formula is C17H23ClN4O2. The monoisotopic (exact) mass is 350 g/mol.